The highest BCUT2D eigenvalue weighted by Crippen LogP contribution is 2.17. The highest BCUT2D eigenvalue weighted by molar-refractivity contribution is 7.98. The number of carbonyl (C=O) groups is 1. The molecule has 2 aromatic rings. The standard InChI is InChI=1S/C18H21N3OS/c1-23-17-6-4-16(5-7-17)18(22)21-11-9-20(10-12-21)14-15-3-2-8-19-13-15/h2-8,13H,9-12,14H2,1H3. The number of amides is 1. The van der Waals surface area contributed by atoms with Crippen LogP contribution in [0, 0.1) is 0 Å². The first-order valence-corrected chi connectivity index (χ1v) is 9.03. The Hall–Kier alpha value is -1.85. The van der Waals surface area contributed by atoms with Gasteiger partial charge in [-0.15, -0.1) is 11.8 Å². The minimum atomic E-state index is 0.138. The van der Waals surface area contributed by atoms with Crippen LogP contribution in [0.5, 0.6) is 0 Å². The zero-order chi connectivity index (χ0) is 16.1. The number of pyridine rings is 1. The van der Waals surface area contributed by atoms with Gasteiger partial charge in [-0.1, -0.05) is 6.07 Å². The third-order valence-corrected chi connectivity index (χ3v) is 4.87. The molecule has 1 amide bonds. The van der Waals surface area contributed by atoms with E-state index in [1.165, 1.54) is 10.5 Å². The summed E-state index contributed by atoms with van der Waals surface area (Å²) in [6, 6.07) is 11.9. The molecule has 1 aromatic heterocycles. The van der Waals surface area contributed by atoms with Crippen LogP contribution in [0.1, 0.15) is 15.9 Å². The summed E-state index contributed by atoms with van der Waals surface area (Å²) in [5.74, 6) is 0.138. The van der Waals surface area contributed by atoms with Crippen LogP contribution in [0.2, 0.25) is 0 Å². The number of hydrogen-bond acceptors (Lipinski definition) is 4. The zero-order valence-electron chi connectivity index (χ0n) is 13.3. The van der Waals surface area contributed by atoms with E-state index in [0.29, 0.717) is 0 Å². The Morgan fingerprint density at radius 2 is 1.87 bits per heavy atom. The van der Waals surface area contributed by atoms with Gasteiger partial charge in [-0.2, -0.15) is 0 Å². The van der Waals surface area contributed by atoms with E-state index in [-0.39, 0.29) is 5.91 Å². The number of thioether (sulfide) groups is 1. The molecule has 1 aliphatic heterocycles. The van der Waals surface area contributed by atoms with Crippen molar-refractivity contribution in [3.63, 3.8) is 0 Å². The molecule has 0 unspecified atom stereocenters. The lowest BCUT2D eigenvalue weighted by Crippen LogP contribution is -2.48. The predicted octanol–water partition coefficient (Wildman–Crippen LogP) is 2.76. The van der Waals surface area contributed by atoms with E-state index in [2.05, 4.69) is 16.0 Å². The summed E-state index contributed by atoms with van der Waals surface area (Å²) in [7, 11) is 0. The monoisotopic (exact) mass is 327 g/mol. The second-order valence-electron chi connectivity index (χ2n) is 5.66. The van der Waals surface area contributed by atoms with E-state index < -0.39 is 0 Å². The lowest BCUT2D eigenvalue weighted by Gasteiger charge is -2.34. The van der Waals surface area contributed by atoms with Crippen molar-refractivity contribution in [1.82, 2.24) is 14.8 Å². The molecular weight excluding hydrogens is 306 g/mol. The Bertz CT molecular complexity index is 637. The number of carbonyl (C=O) groups excluding carboxylic acids is 1. The Morgan fingerprint density at radius 3 is 2.48 bits per heavy atom. The molecule has 0 radical (unpaired) electrons. The maximum absolute atomic E-state index is 12.6. The van der Waals surface area contributed by atoms with E-state index in [1.54, 1.807) is 18.0 Å². The Balaban J connectivity index is 1.54. The number of benzene rings is 1. The topological polar surface area (TPSA) is 36.4 Å². The molecule has 5 heteroatoms. The quantitative estimate of drug-likeness (QED) is 0.809. The van der Waals surface area contributed by atoms with Crippen molar-refractivity contribution in [2.24, 2.45) is 0 Å². The summed E-state index contributed by atoms with van der Waals surface area (Å²) >= 11 is 1.69. The Kier molecular flexibility index (Phi) is 5.31. The van der Waals surface area contributed by atoms with E-state index in [1.807, 2.05) is 47.7 Å². The van der Waals surface area contributed by atoms with Gasteiger partial charge in [0.05, 0.1) is 0 Å². The second-order valence-corrected chi connectivity index (χ2v) is 6.54. The SMILES string of the molecule is CSc1ccc(C(=O)N2CCN(Cc3cccnc3)CC2)cc1. The Labute approximate surface area is 141 Å². The molecule has 0 atom stereocenters. The Morgan fingerprint density at radius 1 is 1.13 bits per heavy atom. The predicted molar refractivity (Wildman–Crippen MR) is 93.6 cm³/mol. The van der Waals surface area contributed by atoms with Gasteiger partial charge in [0.1, 0.15) is 0 Å². The fourth-order valence-electron chi connectivity index (χ4n) is 2.78. The number of piperazine rings is 1. The molecule has 0 saturated carbocycles. The largest absolute Gasteiger partial charge is 0.336 e. The lowest BCUT2D eigenvalue weighted by molar-refractivity contribution is 0.0628. The van der Waals surface area contributed by atoms with E-state index in [9.17, 15) is 4.79 Å². The number of hydrogen-bond donors (Lipinski definition) is 0. The molecule has 1 aromatic carbocycles. The minimum Gasteiger partial charge on any atom is -0.336 e. The molecular formula is C18H21N3OS. The number of rotatable bonds is 4. The van der Waals surface area contributed by atoms with Crippen molar-refractivity contribution in [2.75, 3.05) is 32.4 Å². The van der Waals surface area contributed by atoms with Gasteiger partial charge in [0, 0.05) is 55.6 Å². The van der Waals surface area contributed by atoms with Gasteiger partial charge in [-0.05, 0) is 42.2 Å². The third-order valence-electron chi connectivity index (χ3n) is 4.13. The van der Waals surface area contributed by atoms with Crippen LogP contribution in [-0.4, -0.2) is 53.1 Å². The smallest absolute Gasteiger partial charge is 0.253 e. The fraction of sp³-hybridized carbons (Fsp3) is 0.333. The highest BCUT2D eigenvalue weighted by atomic mass is 32.2. The van der Waals surface area contributed by atoms with Gasteiger partial charge in [0.25, 0.3) is 5.91 Å². The minimum absolute atomic E-state index is 0.138. The average Bonchev–Trinajstić information content (AvgIpc) is 2.63. The normalized spacial score (nSPS) is 15.6. The van der Waals surface area contributed by atoms with Crippen LogP contribution in [0.4, 0.5) is 0 Å². The van der Waals surface area contributed by atoms with Crippen molar-refractivity contribution < 1.29 is 4.79 Å². The van der Waals surface area contributed by atoms with Gasteiger partial charge in [0.2, 0.25) is 0 Å². The summed E-state index contributed by atoms with van der Waals surface area (Å²) in [6.45, 7) is 4.28. The molecule has 0 spiro atoms. The van der Waals surface area contributed by atoms with Crippen molar-refractivity contribution in [1.29, 1.82) is 0 Å². The average molecular weight is 327 g/mol. The zero-order valence-corrected chi connectivity index (χ0v) is 14.1. The molecule has 0 aliphatic carbocycles. The van der Waals surface area contributed by atoms with Gasteiger partial charge in [0.15, 0.2) is 0 Å². The third kappa shape index (κ3) is 4.12. The first kappa shape index (κ1) is 16.0. The first-order chi connectivity index (χ1) is 11.3. The highest BCUT2D eigenvalue weighted by Gasteiger charge is 2.22. The van der Waals surface area contributed by atoms with Crippen molar-refractivity contribution in [3.8, 4) is 0 Å². The molecule has 1 saturated heterocycles. The van der Waals surface area contributed by atoms with Crippen LogP contribution in [0.3, 0.4) is 0 Å². The molecule has 0 N–H and O–H groups in total. The summed E-state index contributed by atoms with van der Waals surface area (Å²) in [5.41, 5.74) is 2.00. The molecule has 2 heterocycles. The molecule has 120 valence electrons. The molecule has 4 nitrogen and oxygen atoms in total. The molecule has 23 heavy (non-hydrogen) atoms. The maximum atomic E-state index is 12.6. The van der Waals surface area contributed by atoms with Crippen LogP contribution < -0.4 is 0 Å². The van der Waals surface area contributed by atoms with Gasteiger partial charge < -0.3 is 4.90 Å². The van der Waals surface area contributed by atoms with Gasteiger partial charge >= 0.3 is 0 Å². The maximum Gasteiger partial charge on any atom is 0.253 e. The van der Waals surface area contributed by atoms with Crippen LogP contribution in [0.25, 0.3) is 0 Å². The van der Waals surface area contributed by atoms with Crippen molar-refractivity contribution >= 4 is 17.7 Å². The summed E-state index contributed by atoms with van der Waals surface area (Å²) < 4.78 is 0. The number of aromatic nitrogens is 1. The molecule has 0 bridgehead atoms. The second kappa shape index (κ2) is 7.62. The summed E-state index contributed by atoms with van der Waals surface area (Å²) in [4.78, 5) is 22.2. The number of nitrogens with zero attached hydrogens (tertiary/aromatic N) is 3. The van der Waals surface area contributed by atoms with E-state index >= 15 is 0 Å². The van der Waals surface area contributed by atoms with Crippen molar-refractivity contribution in [2.45, 2.75) is 11.4 Å². The van der Waals surface area contributed by atoms with Crippen LogP contribution >= 0.6 is 11.8 Å². The summed E-state index contributed by atoms with van der Waals surface area (Å²) in [6.07, 6.45) is 5.74. The fourth-order valence-corrected chi connectivity index (χ4v) is 3.18. The van der Waals surface area contributed by atoms with E-state index in [0.717, 1.165) is 38.3 Å². The van der Waals surface area contributed by atoms with E-state index in [4.69, 9.17) is 0 Å². The first-order valence-electron chi connectivity index (χ1n) is 7.81. The van der Waals surface area contributed by atoms with Gasteiger partial charge in [-0.3, -0.25) is 14.7 Å². The lowest BCUT2D eigenvalue weighted by atomic mass is 10.1. The molecule has 3 rings (SSSR count). The summed E-state index contributed by atoms with van der Waals surface area (Å²) in [5, 5.41) is 0. The van der Waals surface area contributed by atoms with Crippen LogP contribution in [0.15, 0.2) is 53.7 Å². The van der Waals surface area contributed by atoms with Crippen molar-refractivity contribution in [3.05, 3.63) is 59.9 Å². The van der Waals surface area contributed by atoms with Gasteiger partial charge in [-0.25, -0.2) is 0 Å². The molecule has 1 aliphatic rings. The molecule has 1 fully saturated rings. The van der Waals surface area contributed by atoms with Crippen LogP contribution in [-0.2, 0) is 6.54 Å².